The minimum atomic E-state index is -0.729. The summed E-state index contributed by atoms with van der Waals surface area (Å²) in [6, 6.07) is 15.4. The predicted octanol–water partition coefficient (Wildman–Crippen LogP) is 3.96. The molecule has 1 unspecified atom stereocenters. The molecule has 3 aromatic heterocycles. The van der Waals surface area contributed by atoms with Gasteiger partial charge in [-0.2, -0.15) is 5.10 Å². The number of nitrogens with two attached hydrogens (primary N) is 1. The maximum atomic E-state index is 14.1. The molecule has 0 aliphatic carbocycles. The fourth-order valence-corrected chi connectivity index (χ4v) is 4.49. The average molecular weight is 543 g/mol. The van der Waals surface area contributed by atoms with E-state index in [0.717, 1.165) is 0 Å². The lowest BCUT2D eigenvalue weighted by Gasteiger charge is -2.21. The molecule has 0 fully saturated rings. The van der Waals surface area contributed by atoms with E-state index in [9.17, 15) is 9.59 Å². The summed E-state index contributed by atoms with van der Waals surface area (Å²) in [5.74, 6) is 5.85. The molecule has 3 heterocycles. The Morgan fingerprint density at radius 3 is 2.61 bits per heavy atom. The van der Waals surface area contributed by atoms with Crippen molar-refractivity contribution in [3.8, 4) is 17.5 Å². The number of carbonyl (C=O) groups is 1. The number of pyridine rings is 1. The van der Waals surface area contributed by atoms with Gasteiger partial charge < -0.3 is 11.1 Å². The fourth-order valence-electron chi connectivity index (χ4n) is 4.49. The Balaban J connectivity index is 1.65. The smallest absolute Gasteiger partial charge is 0.267 e. The monoisotopic (exact) mass is 542 g/mol. The lowest BCUT2D eigenvalue weighted by atomic mass is 10.1. The molecule has 0 spiro atoms. The third kappa shape index (κ3) is 5.12. The first kappa shape index (κ1) is 26.8. The van der Waals surface area contributed by atoms with Crippen molar-refractivity contribution in [1.29, 1.82) is 0 Å². The number of nitrogens with one attached hydrogen (secondary N) is 1. The van der Waals surface area contributed by atoms with Gasteiger partial charge in [0.25, 0.3) is 11.5 Å². The minimum absolute atomic E-state index is 0.00857. The average Bonchev–Trinajstić information content (AvgIpc) is 3.40. The third-order valence-corrected chi connectivity index (χ3v) is 6.43. The topological polar surface area (TPSA) is 133 Å². The van der Waals surface area contributed by atoms with Crippen LogP contribution in [0.5, 0.6) is 0 Å². The molecule has 5 rings (SSSR count). The van der Waals surface area contributed by atoms with Crippen molar-refractivity contribution in [1.82, 2.24) is 29.6 Å². The van der Waals surface area contributed by atoms with Crippen LogP contribution in [0.1, 0.15) is 46.0 Å². The number of fused-ring (bicyclic) bond motifs is 1. The predicted molar refractivity (Wildman–Crippen MR) is 160 cm³/mol. The second-order valence-electron chi connectivity index (χ2n) is 9.15. The Kier molecular flexibility index (Phi) is 7.26. The van der Waals surface area contributed by atoms with E-state index in [1.54, 1.807) is 54.2 Å². The van der Waals surface area contributed by atoms with E-state index in [0.29, 0.717) is 39.2 Å². The van der Waals surface area contributed by atoms with Gasteiger partial charge >= 0.3 is 0 Å². The third-order valence-electron chi connectivity index (χ3n) is 6.43. The molecular formula is C31H26N8O2. The van der Waals surface area contributed by atoms with Crippen LogP contribution < -0.4 is 16.6 Å². The number of carbonyl (C=O) groups excluding carboxylic acids is 1. The first-order valence-electron chi connectivity index (χ1n) is 12.6. The standard InChI is InChI=1S/C31H26N8O2/c1-5-20-18-34-28(32)26(27(20)33-3)30(40)35-19(2)29-36-24-13-9-10-21(14-15-22-16-17-38(4)37-22)25(24)31(41)39(29)23-11-7-6-8-12-23/h5-13,16-19H,1,3H2,2,4H3,(H2,32,34)(H,35,40). The number of amides is 1. The van der Waals surface area contributed by atoms with Gasteiger partial charge in [0.05, 0.1) is 28.3 Å². The number of anilines is 1. The maximum absolute atomic E-state index is 14.1. The zero-order valence-electron chi connectivity index (χ0n) is 22.5. The van der Waals surface area contributed by atoms with Gasteiger partial charge in [-0.05, 0) is 49.9 Å². The Bertz CT molecular complexity index is 1940. The first-order valence-corrected chi connectivity index (χ1v) is 12.6. The van der Waals surface area contributed by atoms with E-state index in [4.69, 9.17) is 10.7 Å². The molecule has 0 aliphatic rings. The van der Waals surface area contributed by atoms with Crippen LogP contribution in [0.25, 0.3) is 22.7 Å². The van der Waals surface area contributed by atoms with Crippen molar-refractivity contribution in [3.05, 3.63) is 112 Å². The second-order valence-corrected chi connectivity index (χ2v) is 9.15. The summed E-state index contributed by atoms with van der Waals surface area (Å²) in [5.41, 5.74) is 8.68. The Morgan fingerprint density at radius 2 is 1.93 bits per heavy atom. The van der Waals surface area contributed by atoms with Crippen LogP contribution in [0.3, 0.4) is 0 Å². The number of aliphatic imine (C=N–C) groups is 1. The number of benzene rings is 2. The van der Waals surface area contributed by atoms with E-state index in [1.165, 1.54) is 16.8 Å². The number of rotatable bonds is 6. The molecule has 5 aromatic rings. The van der Waals surface area contributed by atoms with Crippen molar-refractivity contribution >= 4 is 41.1 Å². The largest absolute Gasteiger partial charge is 0.383 e. The molecule has 0 saturated carbocycles. The van der Waals surface area contributed by atoms with Crippen LogP contribution in [0, 0.1) is 11.8 Å². The summed E-state index contributed by atoms with van der Waals surface area (Å²) >= 11 is 0. The van der Waals surface area contributed by atoms with Crippen LogP contribution >= 0.6 is 0 Å². The Morgan fingerprint density at radius 1 is 1.15 bits per heavy atom. The number of aryl methyl sites for hydroxylation is 1. The molecule has 10 nitrogen and oxygen atoms in total. The van der Waals surface area contributed by atoms with Crippen LogP contribution in [0.4, 0.5) is 11.5 Å². The number of nitrogen functional groups attached to an aromatic ring is 1. The quantitative estimate of drug-likeness (QED) is 0.247. The maximum Gasteiger partial charge on any atom is 0.267 e. The van der Waals surface area contributed by atoms with Crippen LogP contribution in [-0.4, -0.2) is 36.9 Å². The van der Waals surface area contributed by atoms with Gasteiger partial charge in [0, 0.05) is 30.6 Å². The Hall–Kier alpha value is -5.82. The highest BCUT2D eigenvalue weighted by molar-refractivity contribution is 6.04. The van der Waals surface area contributed by atoms with Crippen molar-refractivity contribution in [3.63, 3.8) is 0 Å². The van der Waals surface area contributed by atoms with Crippen molar-refractivity contribution < 1.29 is 4.79 Å². The van der Waals surface area contributed by atoms with Crippen LogP contribution in [-0.2, 0) is 7.05 Å². The van der Waals surface area contributed by atoms with E-state index in [-0.39, 0.29) is 22.6 Å². The molecule has 10 heteroatoms. The zero-order valence-corrected chi connectivity index (χ0v) is 22.5. The highest BCUT2D eigenvalue weighted by atomic mass is 16.2. The van der Waals surface area contributed by atoms with Gasteiger partial charge in [0.1, 0.15) is 22.9 Å². The molecule has 41 heavy (non-hydrogen) atoms. The van der Waals surface area contributed by atoms with E-state index < -0.39 is 11.9 Å². The van der Waals surface area contributed by atoms with E-state index in [1.807, 2.05) is 25.2 Å². The summed E-state index contributed by atoms with van der Waals surface area (Å²) in [4.78, 5) is 40.5. The molecule has 1 amide bonds. The summed E-state index contributed by atoms with van der Waals surface area (Å²) in [7, 11) is 1.81. The summed E-state index contributed by atoms with van der Waals surface area (Å²) < 4.78 is 3.14. The molecule has 0 radical (unpaired) electrons. The second kappa shape index (κ2) is 11.1. The molecule has 0 bridgehead atoms. The first-order chi connectivity index (χ1) is 19.8. The SMILES string of the molecule is C=Cc1cnc(N)c(C(=O)NC(C)c2nc3cccc(C#Cc4ccn(C)n4)c3c(=O)n2-c2ccccc2)c1N=C. The van der Waals surface area contributed by atoms with Gasteiger partial charge in [0.15, 0.2) is 0 Å². The van der Waals surface area contributed by atoms with Crippen LogP contribution in [0.15, 0.2) is 83.4 Å². The number of para-hydroxylation sites is 1. The molecule has 0 saturated heterocycles. The lowest BCUT2D eigenvalue weighted by Crippen LogP contribution is -2.34. The normalized spacial score (nSPS) is 11.4. The molecular weight excluding hydrogens is 516 g/mol. The lowest BCUT2D eigenvalue weighted by molar-refractivity contribution is 0.0939. The summed E-state index contributed by atoms with van der Waals surface area (Å²) in [5, 5.41) is 7.54. The van der Waals surface area contributed by atoms with Crippen molar-refractivity contribution in [2.75, 3.05) is 5.73 Å². The highest BCUT2D eigenvalue weighted by Gasteiger charge is 2.24. The summed E-state index contributed by atoms with van der Waals surface area (Å²) in [6.45, 7) is 9.04. The number of hydrogen-bond donors (Lipinski definition) is 2. The number of hydrogen-bond acceptors (Lipinski definition) is 7. The molecule has 0 aliphatic heterocycles. The van der Waals surface area contributed by atoms with Crippen molar-refractivity contribution in [2.24, 2.45) is 12.0 Å². The number of aromatic nitrogens is 5. The van der Waals surface area contributed by atoms with Gasteiger partial charge in [-0.25, -0.2) is 9.97 Å². The molecule has 1 atom stereocenters. The van der Waals surface area contributed by atoms with Gasteiger partial charge in [-0.3, -0.25) is 23.8 Å². The molecule has 2 aromatic carbocycles. The summed E-state index contributed by atoms with van der Waals surface area (Å²) in [6.07, 6.45) is 4.78. The van der Waals surface area contributed by atoms with Gasteiger partial charge in [-0.15, -0.1) is 0 Å². The van der Waals surface area contributed by atoms with Crippen LogP contribution in [0.2, 0.25) is 0 Å². The van der Waals surface area contributed by atoms with E-state index >= 15 is 0 Å². The fraction of sp³-hybridized carbons (Fsp3) is 0.0968. The zero-order chi connectivity index (χ0) is 29.1. The highest BCUT2D eigenvalue weighted by Crippen LogP contribution is 2.29. The Labute approximate surface area is 235 Å². The molecule has 3 N–H and O–H groups in total. The van der Waals surface area contributed by atoms with Crippen molar-refractivity contribution in [2.45, 2.75) is 13.0 Å². The minimum Gasteiger partial charge on any atom is -0.383 e. The van der Waals surface area contributed by atoms with E-state index in [2.05, 4.69) is 45.5 Å². The molecule has 202 valence electrons. The number of nitrogens with zero attached hydrogens (tertiary/aromatic N) is 6. The van der Waals surface area contributed by atoms with Gasteiger partial charge in [0.2, 0.25) is 0 Å². The van der Waals surface area contributed by atoms with Gasteiger partial charge in [-0.1, -0.05) is 42.8 Å².